The highest BCUT2D eigenvalue weighted by Gasteiger charge is 2.18. The third-order valence-corrected chi connectivity index (χ3v) is 3.58. The van der Waals surface area contributed by atoms with Crippen LogP contribution in [-0.4, -0.2) is 46.8 Å². The molecular weight excluding hydrogens is 340 g/mol. The van der Waals surface area contributed by atoms with E-state index in [-0.39, 0.29) is 24.4 Å². The van der Waals surface area contributed by atoms with E-state index >= 15 is 0 Å². The summed E-state index contributed by atoms with van der Waals surface area (Å²) in [6, 6.07) is 4.24. The summed E-state index contributed by atoms with van der Waals surface area (Å²) in [5.41, 5.74) is 0.228. The summed E-state index contributed by atoms with van der Waals surface area (Å²) in [4.78, 5) is 24.9. The Morgan fingerprint density at radius 1 is 1.33 bits per heavy atom. The molecule has 3 N–H and O–H groups in total. The number of hydrogen-bond acceptors (Lipinski definition) is 3. The number of carbonyl (C=O) groups excluding carboxylic acids is 1. The van der Waals surface area contributed by atoms with E-state index < -0.39 is 12.0 Å². The Hall–Kier alpha value is -1.60. The monoisotopic (exact) mass is 358 g/mol. The Balaban J connectivity index is 2.92. The number of nitrogens with zero attached hydrogens (tertiary/aromatic N) is 1. The quantitative estimate of drug-likeness (QED) is 0.698. The number of urea groups is 1. The number of para-hydroxylation sites is 1. The molecule has 116 valence electrons. The maximum absolute atomic E-state index is 12.2. The molecule has 0 atom stereocenters. The molecule has 2 amide bonds. The first-order chi connectivity index (χ1) is 10.0. The van der Waals surface area contributed by atoms with E-state index in [0.717, 1.165) is 12.8 Å². The van der Waals surface area contributed by atoms with Crippen LogP contribution in [0.2, 0.25) is 0 Å². The Morgan fingerprint density at radius 3 is 2.62 bits per heavy atom. The van der Waals surface area contributed by atoms with Gasteiger partial charge in [0.25, 0.3) is 0 Å². The standard InChI is InChI=1S/C14H19BrN2O4/c1-2-3-7-17(8-9-18)14(21)16-12-10(13(19)20)5-4-6-11(12)15/h4-6,18H,2-3,7-9H2,1H3,(H,16,21)(H,19,20). The number of amides is 2. The minimum absolute atomic E-state index is 0.0113. The van der Waals surface area contributed by atoms with Gasteiger partial charge in [0.2, 0.25) is 0 Å². The molecule has 0 unspecified atom stereocenters. The fourth-order valence-electron chi connectivity index (χ4n) is 1.80. The number of unbranched alkanes of at least 4 members (excludes halogenated alkanes) is 1. The number of anilines is 1. The first-order valence-electron chi connectivity index (χ1n) is 6.69. The van der Waals surface area contributed by atoms with Gasteiger partial charge in [0, 0.05) is 17.6 Å². The molecule has 21 heavy (non-hydrogen) atoms. The molecule has 0 saturated carbocycles. The average molecular weight is 359 g/mol. The number of rotatable bonds is 7. The molecule has 0 aromatic heterocycles. The van der Waals surface area contributed by atoms with Crippen molar-refractivity contribution in [2.75, 3.05) is 25.0 Å². The average Bonchev–Trinajstić information content (AvgIpc) is 2.45. The van der Waals surface area contributed by atoms with Gasteiger partial charge in [-0.2, -0.15) is 0 Å². The Kier molecular flexibility index (Phi) is 7.18. The van der Waals surface area contributed by atoms with Gasteiger partial charge < -0.3 is 20.4 Å². The van der Waals surface area contributed by atoms with Crippen LogP contribution in [0.4, 0.5) is 10.5 Å². The fourth-order valence-corrected chi connectivity index (χ4v) is 2.27. The molecule has 0 aliphatic rings. The molecule has 7 heteroatoms. The predicted octanol–water partition coefficient (Wildman–Crippen LogP) is 2.77. The van der Waals surface area contributed by atoms with Crippen LogP contribution in [0.3, 0.4) is 0 Å². The molecule has 6 nitrogen and oxygen atoms in total. The molecule has 0 bridgehead atoms. The topological polar surface area (TPSA) is 89.9 Å². The molecule has 1 aromatic carbocycles. The van der Waals surface area contributed by atoms with Crippen LogP contribution >= 0.6 is 15.9 Å². The van der Waals surface area contributed by atoms with Crippen molar-refractivity contribution >= 4 is 33.6 Å². The highest BCUT2D eigenvalue weighted by Crippen LogP contribution is 2.26. The van der Waals surface area contributed by atoms with Gasteiger partial charge in [-0.1, -0.05) is 19.4 Å². The van der Waals surface area contributed by atoms with Crippen LogP contribution in [-0.2, 0) is 0 Å². The van der Waals surface area contributed by atoms with Crippen LogP contribution in [0, 0.1) is 0 Å². The Labute approximate surface area is 131 Å². The number of benzene rings is 1. The van der Waals surface area contributed by atoms with Gasteiger partial charge in [0.1, 0.15) is 0 Å². The SMILES string of the molecule is CCCCN(CCO)C(=O)Nc1c(Br)cccc1C(=O)O. The summed E-state index contributed by atoms with van der Waals surface area (Å²) in [7, 11) is 0. The maximum Gasteiger partial charge on any atom is 0.337 e. The highest BCUT2D eigenvalue weighted by atomic mass is 79.9. The zero-order valence-electron chi connectivity index (χ0n) is 11.8. The van der Waals surface area contributed by atoms with Crippen molar-refractivity contribution in [2.24, 2.45) is 0 Å². The highest BCUT2D eigenvalue weighted by molar-refractivity contribution is 9.10. The molecule has 0 fully saturated rings. The molecule has 1 aromatic rings. The molecular formula is C14H19BrN2O4. The molecule has 0 heterocycles. The molecule has 0 saturated heterocycles. The van der Waals surface area contributed by atoms with Crippen molar-refractivity contribution < 1.29 is 19.8 Å². The van der Waals surface area contributed by atoms with E-state index in [1.807, 2.05) is 6.92 Å². The molecule has 0 radical (unpaired) electrons. The number of aromatic carboxylic acids is 1. The molecule has 0 aliphatic carbocycles. The van der Waals surface area contributed by atoms with Gasteiger partial charge in [0.15, 0.2) is 0 Å². The van der Waals surface area contributed by atoms with Gasteiger partial charge >= 0.3 is 12.0 Å². The van der Waals surface area contributed by atoms with Crippen LogP contribution in [0.25, 0.3) is 0 Å². The summed E-state index contributed by atoms with van der Waals surface area (Å²) in [5, 5.41) is 20.8. The first-order valence-corrected chi connectivity index (χ1v) is 7.49. The number of nitrogens with one attached hydrogen (secondary N) is 1. The van der Waals surface area contributed by atoms with Crippen molar-refractivity contribution in [2.45, 2.75) is 19.8 Å². The number of aliphatic hydroxyl groups excluding tert-OH is 1. The second kappa shape index (κ2) is 8.63. The van der Waals surface area contributed by atoms with Crippen molar-refractivity contribution in [1.82, 2.24) is 4.90 Å². The van der Waals surface area contributed by atoms with E-state index in [1.54, 1.807) is 12.1 Å². The lowest BCUT2D eigenvalue weighted by Gasteiger charge is -2.23. The predicted molar refractivity (Wildman–Crippen MR) is 83.7 cm³/mol. The number of hydrogen-bond donors (Lipinski definition) is 3. The summed E-state index contributed by atoms with van der Waals surface area (Å²) in [6.45, 7) is 2.58. The fraction of sp³-hybridized carbons (Fsp3) is 0.429. The second-order valence-electron chi connectivity index (χ2n) is 4.46. The van der Waals surface area contributed by atoms with E-state index in [1.165, 1.54) is 11.0 Å². The van der Waals surface area contributed by atoms with E-state index in [9.17, 15) is 9.59 Å². The van der Waals surface area contributed by atoms with E-state index in [2.05, 4.69) is 21.2 Å². The minimum Gasteiger partial charge on any atom is -0.478 e. The van der Waals surface area contributed by atoms with Crippen molar-refractivity contribution in [3.8, 4) is 0 Å². The van der Waals surface area contributed by atoms with E-state index in [0.29, 0.717) is 11.0 Å². The third kappa shape index (κ3) is 5.02. The lowest BCUT2D eigenvalue weighted by atomic mass is 10.2. The van der Waals surface area contributed by atoms with Crippen molar-refractivity contribution in [1.29, 1.82) is 0 Å². The van der Waals surface area contributed by atoms with Crippen molar-refractivity contribution in [3.63, 3.8) is 0 Å². The van der Waals surface area contributed by atoms with E-state index in [4.69, 9.17) is 10.2 Å². The zero-order chi connectivity index (χ0) is 15.8. The first kappa shape index (κ1) is 17.5. The van der Waals surface area contributed by atoms with Gasteiger partial charge in [0.05, 0.1) is 17.9 Å². The minimum atomic E-state index is -1.12. The van der Waals surface area contributed by atoms with Crippen molar-refractivity contribution in [3.05, 3.63) is 28.2 Å². The normalized spacial score (nSPS) is 10.2. The lowest BCUT2D eigenvalue weighted by molar-refractivity contribution is 0.0698. The molecule has 0 aliphatic heterocycles. The number of halogens is 1. The number of aliphatic hydroxyl groups is 1. The maximum atomic E-state index is 12.2. The van der Waals surface area contributed by atoms with Crippen LogP contribution in [0.5, 0.6) is 0 Å². The van der Waals surface area contributed by atoms with Crippen LogP contribution in [0.1, 0.15) is 30.1 Å². The number of carboxylic acid groups (broad SMARTS) is 1. The smallest absolute Gasteiger partial charge is 0.337 e. The molecule has 1 rings (SSSR count). The van der Waals surface area contributed by atoms with Crippen LogP contribution in [0.15, 0.2) is 22.7 Å². The Bertz CT molecular complexity index is 508. The number of carbonyl (C=O) groups is 2. The third-order valence-electron chi connectivity index (χ3n) is 2.91. The van der Waals surface area contributed by atoms with Gasteiger partial charge in [-0.3, -0.25) is 0 Å². The lowest BCUT2D eigenvalue weighted by Crippen LogP contribution is -2.38. The second-order valence-corrected chi connectivity index (χ2v) is 5.32. The largest absolute Gasteiger partial charge is 0.478 e. The van der Waals surface area contributed by atoms with Gasteiger partial charge in [-0.05, 0) is 34.5 Å². The summed E-state index contributed by atoms with van der Waals surface area (Å²) in [5.74, 6) is -1.12. The van der Waals surface area contributed by atoms with Gasteiger partial charge in [-0.15, -0.1) is 0 Å². The Morgan fingerprint density at radius 2 is 2.05 bits per heavy atom. The summed E-state index contributed by atoms with van der Waals surface area (Å²) < 4.78 is 0.496. The summed E-state index contributed by atoms with van der Waals surface area (Å²) >= 11 is 3.24. The summed E-state index contributed by atoms with van der Waals surface area (Å²) in [6.07, 6.45) is 1.74. The van der Waals surface area contributed by atoms with Crippen LogP contribution < -0.4 is 5.32 Å². The number of carboxylic acids is 1. The van der Waals surface area contributed by atoms with Gasteiger partial charge in [-0.25, -0.2) is 9.59 Å². The zero-order valence-corrected chi connectivity index (χ0v) is 13.4. The molecule has 0 spiro atoms.